The zero-order valence-corrected chi connectivity index (χ0v) is 17.3. The van der Waals surface area contributed by atoms with Gasteiger partial charge in [0.15, 0.2) is 5.65 Å². The molecule has 0 fully saturated rings. The van der Waals surface area contributed by atoms with Crippen LogP contribution in [0.4, 0.5) is 0 Å². The summed E-state index contributed by atoms with van der Waals surface area (Å²) in [6.45, 7) is 0. The number of tetrazole rings is 1. The fourth-order valence-corrected chi connectivity index (χ4v) is 3.78. The molecule has 0 spiro atoms. The maximum Gasteiger partial charge on any atom is 0.210 e. The van der Waals surface area contributed by atoms with Gasteiger partial charge in [0.1, 0.15) is 11.5 Å². The van der Waals surface area contributed by atoms with Crippen molar-refractivity contribution in [2.75, 3.05) is 0 Å². The number of H-pyrrole nitrogens is 1. The molecular weight excluding hydrogens is 414 g/mol. The molecule has 0 unspecified atom stereocenters. The van der Waals surface area contributed by atoms with Crippen LogP contribution in [0.25, 0.3) is 39.4 Å². The molecule has 1 N–H and O–H groups in total. The molecule has 33 heavy (non-hydrogen) atoms. The fourth-order valence-electron chi connectivity index (χ4n) is 3.78. The van der Waals surface area contributed by atoms with Crippen LogP contribution in [0.15, 0.2) is 97.3 Å². The molecule has 3 aromatic heterocycles. The number of hydrogen-bond donors (Lipinski definition) is 1. The second kappa shape index (κ2) is 8.01. The summed E-state index contributed by atoms with van der Waals surface area (Å²) in [4.78, 5) is 4.70. The van der Waals surface area contributed by atoms with Crippen LogP contribution < -0.4 is 4.74 Å². The van der Waals surface area contributed by atoms with Crippen molar-refractivity contribution in [3.05, 3.63) is 97.3 Å². The standard InChI is InChI=1S/C25H17N7O/c1-3-7-18(8-4-1)23-21(15-26-25-22(16-27-32(23)25)24-28-30-31-29-24)17-11-13-20(14-12-17)33-19-9-5-2-6-10-19/h1-16H,(H,28,29,30,31). The number of ether oxygens (including phenoxy) is 1. The summed E-state index contributed by atoms with van der Waals surface area (Å²) in [5, 5.41) is 18.9. The third-order valence-corrected chi connectivity index (χ3v) is 5.30. The van der Waals surface area contributed by atoms with Crippen LogP contribution in [0.5, 0.6) is 11.5 Å². The number of nitrogens with one attached hydrogen (secondary N) is 1. The molecule has 0 aliphatic carbocycles. The van der Waals surface area contributed by atoms with Crippen LogP contribution in [-0.4, -0.2) is 35.2 Å². The van der Waals surface area contributed by atoms with Crippen LogP contribution in [0.3, 0.4) is 0 Å². The Morgan fingerprint density at radius 1 is 0.697 bits per heavy atom. The largest absolute Gasteiger partial charge is 0.457 e. The molecule has 0 amide bonds. The lowest BCUT2D eigenvalue weighted by molar-refractivity contribution is 0.483. The van der Waals surface area contributed by atoms with Gasteiger partial charge in [-0.05, 0) is 35.0 Å². The second-order valence-electron chi connectivity index (χ2n) is 7.36. The van der Waals surface area contributed by atoms with E-state index >= 15 is 0 Å². The highest BCUT2D eigenvalue weighted by Crippen LogP contribution is 2.35. The van der Waals surface area contributed by atoms with Gasteiger partial charge in [-0.1, -0.05) is 60.7 Å². The van der Waals surface area contributed by atoms with Gasteiger partial charge in [0.25, 0.3) is 0 Å². The molecule has 3 heterocycles. The first kappa shape index (κ1) is 18.9. The van der Waals surface area contributed by atoms with Crippen molar-refractivity contribution in [2.45, 2.75) is 0 Å². The van der Waals surface area contributed by atoms with Crippen molar-refractivity contribution in [1.82, 2.24) is 35.2 Å². The zero-order valence-electron chi connectivity index (χ0n) is 17.3. The molecule has 0 radical (unpaired) electrons. The van der Waals surface area contributed by atoms with E-state index in [9.17, 15) is 0 Å². The van der Waals surface area contributed by atoms with E-state index in [1.807, 2.05) is 83.5 Å². The van der Waals surface area contributed by atoms with E-state index in [1.54, 1.807) is 6.20 Å². The van der Waals surface area contributed by atoms with Crippen LogP contribution in [0.2, 0.25) is 0 Å². The first-order valence-corrected chi connectivity index (χ1v) is 10.4. The van der Waals surface area contributed by atoms with E-state index < -0.39 is 0 Å². The topological polar surface area (TPSA) is 93.9 Å². The Balaban J connectivity index is 1.47. The Morgan fingerprint density at radius 2 is 1.42 bits per heavy atom. The molecule has 3 aromatic carbocycles. The first-order chi connectivity index (χ1) is 16.4. The van der Waals surface area contributed by atoms with E-state index in [0.29, 0.717) is 17.0 Å². The van der Waals surface area contributed by atoms with Gasteiger partial charge in [-0.2, -0.15) is 10.3 Å². The number of hydrogen-bond acceptors (Lipinski definition) is 6. The third kappa shape index (κ3) is 3.49. The number of aromatic nitrogens is 7. The maximum absolute atomic E-state index is 5.94. The number of para-hydroxylation sites is 1. The van der Waals surface area contributed by atoms with Crippen LogP contribution in [-0.2, 0) is 0 Å². The lowest BCUT2D eigenvalue weighted by atomic mass is 10.0. The average Bonchev–Trinajstić information content (AvgIpc) is 3.55. The number of rotatable bonds is 5. The van der Waals surface area contributed by atoms with E-state index in [-0.39, 0.29) is 0 Å². The highest BCUT2D eigenvalue weighted by atomic mass is 16.5. The summed E-state index contributed by atoms with van der Waals surface area (Å²) < 4.78 is 7.77. The minimum atomic E-state index is 0.451. The van der Waals surface area contributed by atoms with Crippen molar-refractivity contribution in [2.24, 2.45) is 0 Å². The van der Waals surface area contributed by atoms with E-state index in [0.717, 1.165) is 33.9 Å². The number of nitrogens with zero attached hydrogens (tertiary/aromatic N) is 6. The summed E-state index contributed by atoms with van der Waals surface area (Å²) in [6.07, 6.45) is 3.57. The van der Waals surface area contributed by atoms with Gasteiger partial charge in [-0.25, -0.2) is 9.50 Å². The molecule has 0 bridgehead atoms. The van der Waals surface area contributed by atoms with Crippen molar-refractivity contribution < 1.29 is 4.74 Å². The molecule has 158 valence electrons. The minimum Gasteiger partial charge on any atom is -0.457 e. The maximum atomic E-state index is 5.94. The van der Waals surface area contributed by atoms with Gasteiger partial charge in [0.05, 0.1) is 17.5 Å². The Morgan fingerprint density at radius 3 is 2.15 bits per heavy atom. The molecule has 0 aliphatic rings. The summed E-state index contributed by atoms with van der Waals surface area (Å²) in [6, 6.07) is 27.8. The molecule has 8 nitrogen and oxygen atoms in total. The summed E-state index contributed by atoms with van der Waals surface area (Å²) in [7, 11) is 0. The Hall–Kier alpha value is -4.85. The molecule has 0 aliphatic heterocycles. The zero-order chi connectivity index (χ0) is 22.0. The van der Waals surface area contributed by atoms with E-state index in [4.69, 9.17) is 9.72 Å². The van der Waals surface area contributed by atoms with Crippen LogP contribution >= 0.6 is 0 Å². The smallest absolute Gasteiger partial charge is 0.210 e. The lowest BCUT2D eigenvalue weighted by Crippen LogP contribution is -2.00. The van der Waals surface area contributed by atoms with Gasteiger partial charge in [-0.3, -0.25) is 0 Å². The van der Waals surface area contributed by atoms with Crippen molar-refractivity contribution in [3.8, 4) is 45.3 Å². The van der Waals surface area contributed by atoms with Gasteiger partial charge in [0.2, 0.25) is 5.82 Å². The van der Waals surface area contributed by atoms with Crippen LogP contribution in [0, 0.1) is 0 Å². The number of fused-ring (bicyclic) bond motifs is 1. The molecule has 0 saturated carbocycles. The molecule has 6 aromatic rings. The summed E-state index contributed by atoms with van der Waals surface area (Å²) in [5.74, 6) is 2.01. The molecular formula is C25H17N7O. The highest BCUT2D eigenvalue weighted by Gasteiger charge is 2.19. The Bertz CT molecular complexity index is 1510. The van der Waals surface area contributed by atoms with Gasteiger partial charge in [0, 0.05) is 17.3 Å². The molecule has 8 heteroatoms. The average molecular weight is 431 g/mol. The summed E-state index contributed by atoms with van der Waals surface area (Å²) >= 11 is 0. The predicted molar refractivity (Wildman–Crippen MR) is 124 cm³/mol. The fraction of sp³-hybridized carbons (Fsp3) is 0. The normalized spacial score (nSPS) is 11.0. The quantitative estimate of drug-likeness (QED) is 0.411. The van der Waals surface area contributed by atoms with Crippen molar-refractivity contribution in [3.63, 3.8) is 0 Å². The van der Waals surface area contributed by atoms with Gasteiger partial charge in [-0.15, -0.1) is 10.2 Å². The molecule has 6 rings (SSSR count). The second-order valence-corrected chi connectivity index (χ2v) is 7.36. The number of benzene rings is 3. The highest BCUT2D eigenvalue weighted by molar-refractivity contribution is 5.84. The SMILES string of the molecule is c1ccc(Oc2ccc(-c3cnc4c(-c5nn[nH]n5)cnn4c3-c3ccccc3)cc2)cc1. The van der Waals surface area contributed by atoms with E-state index in [1.165, 1.54) is 0 Å². The van der Waals surface area contributed by atoms with Gasteiger partial charge < -0.3 is 4.74 Å². The molecule has 0 saturated heterocycles. The first-order valence-electron chi connectivity index (χ1n) is 10.4. The number of aromatic amines is 1. The summed E-state index contributed by atoms with van der Waals surface area (Å²) in [5.41, 5.74) is 5.25. The van der Waals surface area contributed by atoms with Crippen molar-refractivity contribution in [1.29, 1.82) is 0 Å². The Labute approximate surface area is 188 Å². The monoisotopic (exact) mass is 431 g/mol. The minimum absolute atomic E-state index is 0.451. The van der Waals surface area contributed by atoms with Gasteiger partial charge >= 0.3 is 0 Å². The van der Waals surface area contributed by atoms with Crippen molar-refractivity contribution >= 4 is 5.65 Å². The van der Waals surface area contributed by atoms with Crippen LogP contribution in [0.1, 0.15) is 0 Å². The van der Waals surface area contributed by atoms with E-state index in [2.05, 4.69) is 37.9 Å². The Kier molecular flexibility index (Phi) is 4.58. The predicted octanol–water partition coefficient (Wildman–Crippen LogP) is 5.04. The lowest BCUT2D eigenvalue weighted by Gasteiger charge is -2.13. The third-order valence-electron chi connectivity index (χ3n) is 5.30. The molecule has 0 atom stereocenters.